The van der Waals surface area contributed by atoms with Crippen molar-refractivity contribution in [3.05, 3.63) is 29.8 Å². The van der Waals surface area contributed by atoms with E-state index in [1.54, 1.807) is 0 Å². The van der Waals surface area contributed by atoms with Gasteiger partial charge < -0.3 is 14.2 Å². The van der Waals surface area contributed by atoms with Crippen LogP contribution in [0.4, 0.5) is 0 Å². The van der Waals surface area contributed by atoms with E-state index in [2.05, 4.69) is 26.0 Å². The minimum atomic E-state index is -0.166. The first-order chi connectivity index (χ1) is 11.0. The SMILES string of the molecule is CCOC(=O)C[C@@H]1OC[C@@]23c4ccccc4O[C@H]2CC(C)(C)[C@H]13. The molecule has 2 fully saturated rings. The highest BCUT2D eigenvalue weighted by Gasteiger charge is 2.69. The lowest BCUT2D eigenvalue weighted by atomic mass is 9.66. The molecule has 23 heavy (non-hydrogen) atoms. The first-order valence-electron chi connectivity index (χ1n) is 8.52. The summed E-state index contributed by atoms with van der Waals surface area (Å²) < 4.78 is 17.6. The zero-order valence-electron chi connectivity index (χ0n) is 14.0. The van der Waals surface area contributed by atoms with Crippen molar-refractivity contribution < 1.29 is 19.0 Å². The zero-order valence-corrected chi connectivity index (χ0v) is 14.0. The van der Waals surface area contributed by atoms with E-state index in [0.717, 1.165) is 12.2 Å². The Hall–Kier alpha value is -1.55. The zero-order chi connectivity index (χ0) is 16.2. The lowest BCUT2D eigenvalue weighted by Crippen LogP contribution is -2.41. The van der Waals surface area contributed by atoms with E-state index < -0.39 is 0 Å². The third-order valence-corrected chi connectivity index (χ3v) is 5.92. The molecule has 0 radical (unpaired) electrons. The maximum atomic E-state index is 12.0. The summed E-state index contributed by atoms with van der Waals surface area (Å²) in [4.78, 5) is 12.0. The highest BCUT2D eigenvalue weighted by Crippen LogP contribution is 2.65. The molecule has 1 aliphatic carbocycles. The number of benzene rings is 1. The predicted molar refractivity (Wildman–Crippen MR) is 85.4 cm³/mol. The first kappa shape index (κ1) is 15.0. The van der Waals surface area contributed by atoms with Gasteiger partial charge in [0, 0.05) is 11.5 Å². The maximum Gasteiger partial charge on any atom is 0.308 e. The molecule has 1 aromatic carbocycles. The van der Waals surface area contributed by atoms with Crippen LogP contribution in [0.15, 0.2) is 24.3 Å². The van der Waals surface area contributed by atoms with Crippen molar-refractivity contribution in [2.24, 2.45) is 11.3 Å². The maximum absolute atomic E-state index is 12.0. The van der Waals surface area contributed by atoms with Crippen LogP contribution in [0, 0.1) is 11.3 Å². The van der Waals surface area contributed by atoms with Crippen molar-refractivity contribution in [2.45, 2.75) is 51.2 Å². The van der Waals surface area contributed by atoms with Crippen LogP contribution in [0.1, 0.15) is 39.2 Å². The third-order valence-electron chi connectivity index (χ3n) is 5.92. The van der Waals surface area contributed by atoms with Crippen LogP contribution in [0.5, 0.6) is 5.75 Å². The highest BCUT2D eigenvalue weighted by atomic mass is 16.5. The molecule has 0 N–H and O–H groups in total. The number of carbonyl (C=O) groups is 1. The number of fused-ring (bicyclic) bond motifs is 1. The molecule has 4 heteroatoms. The van der Waals surface area contributed by atoms with Crippen molar-refractivity contribution >= 4 is 5.97 Å². The summed E-state index contributed by atoms with van der Waals surface area (Å²) in [5, 5.41) is 0. The second-order valence-electron chi connectivity index (χ2n) is 7.67. The van der Waals surface area contributed by atoms with E-state index in [4.69, 9.17) is 14.2 Å². The number of ether oxygens (including phenoxy) is 3. The summed E-state index contributed by atoms with van der Waals surface area (Å²) >= 11 is 0. The van der Waals surface area contributed by atoms with E-state index in [0.29, 0.717) is 19.6 Å². The summed E-state index contributed by atoms with van der Waals surface area (Å²) in [5.74, 6) is 1.09. The monoisotopic (exact) mass is 316 g/mol. The Morgan fingerprint density at radius 2 is 2.13 bits per heavy atom. The average Bonchev–Trinajstić information content (AvgIpc) is 3.07. The van der Waals surface area contributed by atoms with E-state index in [1.807, 2.05) is 19.1 Å². The molecule has 4 atom stereocenters. The summed E-state index contributed by atoms with van der Waals surface area (Å²) in [6, 6.07) is 8.30. The van der Waals surface area contributed by atoms with Gasteiger partial charge in [0.2, 0.25) is 0 Å². The van der Waals surface area contributed by atoms with Crippen molar-refractivity contribution in [2.75, 3.05) is 13.2 Å². The van der Waals surface area contributed by atoms with Gasteiger partial charge in [-0.3, -0.25) is 4.79 Å². The molecular weight excluding hydrogens is 292 g/mol. The molecule has 1 saturated carbocycles. The van der Waals surface area contributed by atoms with Crippen molar-refractivity contribution in [3.63, 3.8) is 0 Å². The molecule has 0 amide bonds. The Labute approximate surface area is 137 Å². The highest BCUT2D eigenvalue weighted by molar-refractivity contribution is 5.70. The fraction of sp³-hybridized carbons (Fsp3) is 0.632. The topological polar surface area (TPSA) is 44.8 Å². The minimum absolute atomic E-state index is 0.0753. The van der Waals surface area contributed by atoms with Gasteiger partial charge in [-0.05, 0) is 24.8 Å². The summed E-state index contributed by atoms with van der Waals surface area (Å²) in [5.41, 5.74) is 1.22. The summed E-state index contributed by atoms with van der Waals surface area (Å²) in [6.07, 6.45) is 1.38. The molecule has 0 unspecified atom stereocenters. The van der Waals surface area contributed by atoms with Gasteiger partial charge >= 0.3 is 5.97 Å². The van der Waals surface area contributed by atoms with Crippen molar-refractivity contribution in [1.29, 1.82) is 0 Å². The van der Waals surface area contributed by atoms with Gasteiger partial charge in [-0.25, -0.2) is 0 Å². The van der Waals surface area contributed by atoms with E-state index in [9.17, 15) is 4.79 Å². The second-order valence-corrected chi connectivity index (χ2v) is 7.67. The number of para-hydroxylation sites is 1. The number of rotatable bonds is 3. The Morgan fingerprint density at radius 3 is 2.91 bits per heavy atom. The molecule has 0 bridgehead atoms. The minimum Gasteiger partial charge on any atom is -0.489 e. The van der Waals surface area contributed by atoms with E-state index >= 15 is 0 Å². The molecule has 2 heterocycles. The summed E-state index contributed by atoms with van der Waals surface area (Å²) in [6.45, 7) is 7.44. The van der Waals surface area contributed by atoms with E-state index in [-0.39, 0.29) is 34.9 Å². The number of hydrogen-bond donors (Lipinski definition) is 0. The lowest BCUT2D eigenvalue weighted by Gasteiger charge is -2.34. The molecule has 2 aliphatic heterocycles. The van der Waals surface area contributed by atoms with Crippen LogP contribution >= 0.6 is 0 Å². The largest absolute Gasteiger partial charge is 0.489 e. The van der Waals surface area contributed by atoms with Gasteiger partial charge in [-0.1, -0.05) is 32.0 Å². The molecule has 124 valence electrons. The molecule has 4 nitrogen and oxygen atoms in total. The molecule has 4 rings (SSSR count). The predicted octanol–water partition coefficient (Wildman–Crippen LogP) is 3.08. The van der Waals surface area contributed by atoms with Crippen LogP contribution in [-0.2, 0) is 19.7 Å². The van der Waals surface area contributed by atoms with Crippen LogP contribution in [0.2, 0.25) is 0 Å². The van der Waals surface area contributed by atoms with Crippen LogP contribution in [0.3, 0.4) is 0 Å². The van der Waals surface area contributed by atoms with Gasteiger partial charge in [0.05, 0.1) is 31.2 Å². The van der Waals surface area contributed by atoms with Crippen LogP contribution < -0.4 is 4.74 Å². The number of hydrogen-bond acceptors (Lipinski definition) is 4. The molecule has 1 saturated heterocycles. The molecular formula is C19H24O4. The van der Waals surface area contributed by atoms with Crippen molar-refractivity contribution in [3.8, 4) is 5.75 Å². The standard InChI is InChI=1S/C19H24O4/c1-4-21-16(20)9-14-17-18(2,3)10-15-19(17,11-22-14)12-7-5-6-8-13(12)23-15/h5-8,14-15,17H,4,9-11H2,1-3H3/t14-,15-,17-,19+/m0/s1. The van der Waals surface area contributed by atoms with Crippen LogP contribution in [0.25, 0.3) is 0 Å². The molecule has 0 aromatic heterocycles. The Kier molecular flexibility index (Phi) is 3.24. The van der Waals surface area contributed by atoms with Crippen molar-refractivity contribution in [1.82, 2.24) is 0 Å². The number of esters is 1. The second kappa shape index (κ2) is 4.97. The van der Waals surface area contributed by atoms with Crippen LogP contribution in [-0.4, -0.2) is 31.4 Å². The smallest absolute Gasteiger partial charge is 0.308 e. The Bertz CT molecular complexity index is 638. The van der Waals surface area contributed by atoms with Gasteiger partial charge in [0.25, 0.3) is 0 Å². The summed E-state index contributed by atoms with van der Waals surface area (Å²) in [7, 11) is 0. The van der Waals surface area contributed by atoms with Gasteiger partial charge in [0.15, 0.2) is 0 Å². The number of carbonyl (C=O) groups excluding carboxylic acids is 1. The molecule has 1 aromatic rings. The quantitative estimate of drug-likeness (QED) is 0.804. The Morgan fingerprint density at radius 1 is 1.35 bits per heavy atom. The molecule has 1 spiro atoms. The third kappa shape index (κ3) is 1.97. The molecule has 3 aliphatic rings. The normalized spacial score (nSPS) is 36.0. The average molecular weight is 316 g/mol. The Balaban J connectivity index is 1.72. The lowest BCUT2D eigenvalue weighted by molar-refractivity contribution is -0.146. The van der Waals surface area contributed by atoms with Gasteiger partial charge in [-0.2, -0.15) is 0 Å². The fourth-order valence-electron chi connectivity index (χ4n) is 5.28. The van der Waals surface area contributed by atoms with Gasteiger partial charge in [0.1, 0.15) is 11.9 Å². The van der Waals surface area contributed by atoms with E-state index in [1.165, 1.54) is 5.56 Å². The van der Waals surface area contributed by atoms with Gasteiger partial charge in [-0.15, -0.1) is 0 Å². The fourth-order valence-corrected chi connectivity index (χ4v) is 5.28. The first-order valence-corrected chi connectivity index (χ1v) is 8.52.